The predicted octanol–water partition coefficient (Wildman–Crippen LogP) is 2.10. The Kier molecular flexibility index (Phi) is 3.56. The first-order valence-electron chi connectivity index (χ1n) is 4.14. The lowest BCUT2D eigenvalue weighted by molar-refractivity contribution is -0.107. The average Bonchev–Trinajstić information content (AvgIpc) is 2.14. The Bertz CT molecular complexity index is 337. The molecule has 4 heteroatoms. The molecule has 1 aromatic rings. The van der Waals surface area contributed by atoms with Gasteiger partial charge in [0.1, 0.15) is 12.1 Å². The van der Waals surface area contributed by atoms with Crippen LogP contribution in [-0.4, -0.2) is 13.4 Å². The number of hydrogen-bond acceptors (Lipinski definition) is 2. The van der Waals surface area contributed by atoms with Crippen molar-refractivity contribution >= 4 is 6.29 Å². The molecule has 0 aliphatic carbocycles. The van der Waals surface area contributed by atoms with Gasteiger partial charge in [-0.3, -0.25) is 0 Å². The smallest absolute Gasteiger partial charge is 0.168 e. The summed E-state index contributed by atoms with van der Waals surface area (Å²) in [5.74, 6) is -1.40. The van der Waals surface area contributed by atoms with Crippen molar-refractivity contribution in [3.8, 4) is 5.75 Å². The second-order valence-electron chi connectivity index (χ2n) is 2.79. The van der Waals surface area contributed by atoms with E-state index in [4.69, 9.17) is 4.74 Å². The second kappa shape index (κ2) is 4.69. The maximum absolute atomic E-state index is 13.1. The fourth-order valence-corrected chi connectivity index (χ4v) is 1.24. The molecule has 0 aromatic heterocycles. The summed E-state index contributed by atoms with van der Waals surface area (Å²) in [6.45, 7) is 0. The summed E-state index contributed by atoms with van der Waals surface area (Å²) in [6, 6.07) is 1.93. The molecular weight excluding hydrogens is 190 g/mol. The number of ether oxygens (including phenoxy) is 1. The molecule has 0 saturated carbocycles. The molecule has 0 atom stereocenters. The van der Waals surface area contributed by atoms with Crippen molar-refractivity contribution in [1.29, 1.82) is 0 Å². The van der Waals surface area contributed by atoms with Crippen LogP contribution in [0, 0.1) is 11.6 Å². The van der Waals surface area contributed by atoms with Crippen LogP contribution >= 0.6 is 0 Å². The van der Waals surface area contributed by atoms with E-state index in [1.165, 1.54) is 13.2 Å². The number of carbonyl (C=O) groups excluding carboxylic acids is 1. The van der Waals surface area contributed by atoms with Crippen molar-refractivity contribution in [3.63, 3.8) is 0 Å². The highest BCUT2D eigenvalue weighted by molar-refractivity contribution is 5.51. The number of halogens is 2. The summed E-state index contributed by atoms with van der Waals surface area (Å²) in [5.41, 5.74) is 0.372. The van der Waals surface area contributed by atoms with Crippen molar-refractivity contribution in [2.45, 2.75) is 12.8 Å². The minimum absolute atomic E-state index is 0.00764. The first-order valence-corrected chi connectivity index (χ1v) is 4.14. The van der Waals surface area contributed by atoms with E-state index in [9.17, 15) is 13.6 Å². The number of carbonyl (C=O) groups is 1. The minimum atomic E-state index is -0.742. The van der Waals surface area contributed by atoms with Gasteiger partial charge in [-0.2, -0.15) is 0 Å². The summed E-state index contributed by atoms with van der Waals surface area (Å²) in [4.78, 5) is 10.1. The lowest BCUT2D eigenvalue weighted by Gasteiger charge is -2.08. The molecule has 0 N–H and O–H groups in total. The maximum Gasteiger partial charge on any atom is 0.168 e. The lowest BCUT2D eigenvalue weighted by Crippen LogP contribution is -1.97. The van der Waals surface area contributed by atoms with Crippen molar-refractivity contribution in [3.05, 3.63) is 29.3 Å². The Morgan fingerprint density at radius 1 is 1.43 bits per heavy atom. The number of benzene rings is 1. The van der Waals surface area contributed by atoms with Gasteiger partial charge >= 0.3 is 0 Å². The van der Waals surface area contributed by atoms with Crippen LogP contribution in [0.4, 0.5) is 8.78 Å². The van der Waals surface area contributed by atoms with Gasteiger partial charge in [-0.25, -0.2) is 8.78 Å². The van der Waals surface area contributed by atoms with E-state index in [0.717, 1.165) is 6.07 Å². The van der Waals surface area contributed by atoms with E-state index in [2.05, 4.69) is 0 Å². The maximum atomic E-state index is 13.1. The van der Waals surface area contributed by atoms with Gasteiger partial charge in [-0.15, -0.1) is 0 Å². The lowest BCUT2D eigenvalue weighted by atomic mass is 10.1. The molecule has 0 spiro atoms. The van der Waals surface area contributed by atoms with Crippen molar-refractivity contribution < 1.29 is 18.3 Å². The van der Waals surface area contributed by atoms with Crippen LogP contribution in [0.25, 0.3) is 0 Å². The number of aryl methyl sites for hydroxylation is 1. The molecule has 0 aliphatic heterocycles. The normalized spacial score (nSPS) is 9.93. The van der Waals surface area contributed by atoms with Gasteiger partial charge in [0.25, 0.3) is 0 Å². The molecule has 1 aromatic carbocycles. The summed E-state index contributed by atoms with van der Waals surface area (Å²) < 4.78 is 30.6. The molecule has 0 saturated heterocycles. The van der Waals surface area contributed by atoms with Gasteiger partial charge in [0.15, 0.2) is 11.6 Å². The van der Waals surface area contributed by atoms with E-state index < -0.39 is 11.6 Å². The topological polar surface area (TPSA) is 26.3 Å². The molecule has 14 heavy (non-hydrogen) atoms. The number of aldehydes is 1. The molecule has 2 nitrogen and oxygen atoms in total. The fraction of sp³-hybridized carbons (Fsp3) is 0.300. The molecule has 0 aliphatic rings. The van der Waals surface area contributed by atoms with Gasteiger partial charge in [0.05, 0.1) is 7.11 Å². The van der Waals surface area contributed by atoms with Crippen LogP contribution in [0.3, 0.4) is 0 Å². The van der Waals surface area contributed by atoms with E-state index >= 15 is 0 Å². The van der Waals surface area contributed by atoms with Gasteiger partial charge in [0, 0.05) is 18.1 Å². The summed E-state index contributed by atoms with van der Waals surface area (Å²) in [5, 5.41) is 0. The van der Waals surface area contributed by atoms with Crippen LogP contribution in [0.1, 0.15) is 12.0 Å². The Morgan fingerprint density at radius 3 is 2.71 bits per heavy atom. The predicted molar refractivity (Wildman–Crippen MR) is 47.3 cm³/mol. The molecule has 0 heterocycles. The Hall–Kier alpha value is -1.45. The third-order valence-corrected chi connectivity index (χ3v) is 1.82. The largest absolute Gasteiger partial charge is 0.493 e. The summed E-state index contributed by atoms with van der Waals surface area (Å²) in [6.07, 6.45) is 1.20. The highest BCUT2D eigenvalue weighted by Gasteiger charge is 2.11. The van der Waals surface area contributed by atoms with Gasteiger partial charge in [0.2, 0.25) is 0 Å². The van der Waals surface area contributed by atoms with E-state index in [1.54, 1.807) is 0 Å². The first kappa shape index (κ1) is 10.6. The van der Waals surface area contributed by atoms with Crippen LogP contribution in [0.15, 0.2) is 12.1 Å². The molecule has 76 valence electrons. The van der Waals surface area contributed by atoms with Crippen molar-refractivity contribution in [2.75, 3.05) is 7.11 Å². The van der Waals surface area contributed by atoms with Crippen LogP contribution in [0.5, 0.6) is 5.75 Å². The number of hydrogen-bond donors (Lipinski definition) is 0. The zero-order chi connectivity index (χ0) is 10.6. The Labute approximate surface area is 80.5 Å². The molecule has 0 amide bonds. The third-order valence-electron chi connectivity index (χ3n) is 1.82. The average molecular weight is 200 g/mol. The fourth-order valence-electron chi connectivity index (χ4n) is 1.24. The summed E-state index contributed by atoms with van der Waals surface area (Å²) in [7, 11) is 1.31. The van der Waals surface area contributed by atoms with Crippen molar-refractivity contribution in [2.24, 2.45) is 0 Å². The standard InChI is InChI=1S/C10H10F2O2/c1-14-10-7(3-2-4-13)5-8(11)6-9(10)12/h4-6H,2-3H2,1H3. The van der Waals surface area contributed by atoms with Crippen molar-refractivity contribution in [1.82, 2.24) is 0 Å². The quantitative estimate of drug-likeness (QED) is 0.696. The zero-order valence-electron chi connectivity index (χ0n) is 7.72. The Balaban J connectivity index is 3.04. The van der Waals surface area contributed by atoms with E-state index in [-0.39, 0.29) is 18.6 Å². The molecule has 0 unspecified atom stereocenters. The minimum Gasteiger partial charge on any atom is -0.493 e. The van der Waals surface area contributed by atoms with Crippen LogP contribution < -0.4 is 4.74 Å². The molecular formula is C10H10F2O2. The zero-order valence-corrected chi connectivity index (χ0v) is 7.72. The first-order chi connectivity index (χ1) is 6.69. The highest BCUT2D eigenvalue weighted by atomic mass is 19.1. The SMILES string of the molecule is COc1c(F)cc(F)cc1CCC=O. The highest BCUT2D eigenvalue weighted by Crippen LogP contribution is 2.24. The Morgan fingerprint density at radius 2 is 2.14 bits per heavy atom. The van der Waals surface area contributed by atoms with E-state index in [1.807, 2.05) is 0 Å². The molecule has 0 fully saturated rings. The number of rotatable bonds is 4. The molecule has 0 bridgehead atoms. The third kappa shape index (κ3) is 2.28. The van der Waals surface area contributed by atoms with Gasteiger partial charge < -0.3 is 9.53 Å². The molecule has 0 radical (unpaired) electrons. The molecule has 1 rings (SSSR count). The van der Waals surface area contributed by atoms with Gasteiger partial charge in [-0.05, 0) is 12.5 Å². The van der Waals surface area contributed by atoms with Crippen LogP contribution in [-0.2, 0) is 11.2 Å². The second-order valence-corrected chi connectivity index (χ2v) is 2.79. The summed E-state index contributed by atoms with van der Waals surface area (Å²) >= 11 is 0. The van der Waals surface area contributed by atoms with E-state index in [0.29, 0.717) is 11.8 Å². The van der Waals surface area contributed by atoms with Gasteiger partial charge in [-0.1, -0.05) is 0 Å². The monoisotopic (exact) mass is 200 g/mol. The van der Waals surface area contributed by atoms with Crippen LogP contribution in [0.2, 0.25) is 0 Å². The number of methoxy groups -OCH3 is 1.